The Morgan fingerprint density at radius 2 is 1.90 bits per heavy atom. The molecule has 1 atom stereocenters. The molecule has 0 aliphatic carbocycles. The van der Waals surface area contributed by atoms with E-state index in [0.29, 0.717) is 0 Å². The Bertz CT molecular complexity index is 502. The van der Waals surface area contributed by atoms with Crippen LogP contribution in [0.4, 0.5) is 4.39 Å². The van der Waals surface area contributed by atoms with Crippen LogP contribution in [0, 0.1) is 5.82 Å². The molecule has 0 aliphatic rings. The van der Waals surface area contributed by atoms with E-state index >= 15 is 0 Å². The van der Waals surface area contributed by atoms with Crippen LogP contribution in [0.1, 0.15) is 31.1 Å². The predicted octanol–water partition coefficient (Wildman–Crippen LogP) is 1.90. The van der Waals surface area contributed by atoms with Gasteiger partial charge in [0.25, 0.3) is 5.91 Å². The van der Waals surface area contributed by atoms with E-state index in [2.05, 4.69) is 5.32 Å². The molecule has 0 fully saturated rings. The highest BCUT2D eigenvalue weighted by molar-refractivity contribution is 5.92. The van der Waals surface area contributed by atoms with Gasteiger partial charge in [-0.25, -0.2) is 9.18 Å². The van der Waals surface area contributed by atoms with Crippen LogP contribution in [0.25, 0.3) is 0 Å². The molecule has 0 spiro atoms. The van der Waals surface area contributed by atoms with Gasteiger partial charge in [0, 0.05) is 6.04 Å². The molecule has 0 saturated carbocycles. The van der Waals surface area contributed by atoms with Crippen molar-refractivity contribution in [1.29, 1.82) is 0 Å². The van der Waals surface area contributed by atoms with Crippen molar-refractivity contribution < 1.29 is 23.5 Å². The topological polar surface area (TPSA) is 64.6 Å². The highest BCUT2D eigenvalue weighted by atomic mass is 19.1. The molecule has 1 amide bonds. The van der Waals surface area contributed by atoms with Crippen LogP contribution in [0.3, 0.4) is 0 Å². The van der Waals surface area contributed by atoms with Crippen molar-refractivity contribution >= 4 is 11.9 Å². The van der Waals surface area contributed by atoms with Crippen LogP contribution in [0.15, 0.2) is 18.2 Å². The fraction of sp³-hybridized carbons (Fsp3) is 0.429. The molecule has 0 bridgehead atoms. The molecular formula is C14H18FNO4. The number of esters is 1. The van der Waals surface area contributed by atoms with Crippen LogP contribution in [-0.2, 0) is 9.53 Å². The normalized spacial score (nSPS) is 11.9. The number of hydrogen-bond donors (Lipinski definition) is 1. The standard InChI is InChI=1S/C14H18FNO4/c1-8(2)16-13(17)9(3)20-14(18)10-5-6-12(19-4)11(15)7-10/h5-9H,1-4H3,(H,16,17)/t9-/m0/s1. The quantitative estimate of drug-likeness (QED) is 0.838. The molecule has 1 aromatic rings. The summed E-state index contributed by atoms with van der Waals surface area (Å²) in [7, 11) is 1.33. The maximum Gasteiger partial charge on any atom is 0.339 e. The molecule has 0 aromatic heterocycles. The monoisotopic (exact) mass is 283 g/mol. The molecule has 1 aromatic carbocycles. The Balaban J connectivity index is 2.71. The molecule has 0 heterocycles. The predicted molar refractivity (Wildman–Crippen MR) is 71.1 cm³/mol. The SMILES string of the molecule is COc1ccc(C(=O)O[C@@H](C)C(=O)NC(C)C)cc1F. The van der Waals surface area contributed by atoms with Crippen molar-refractivity contribution in [2.75, 3.05) is 7.11 Å². The minimum atomic E-state index is -0.949. The summed E-state index contributed by atoms with van der Waals surface area (Å²) in [5.74, 6) is -1.80. The third-order valence-corrected chi connectivity index (χ3v) is 2.47. The summed E-state index contributed by atoms with van der Waals surface area (Å²) in [6, 6.07) is 3.65. The maximum atomic E-state index is 13.5. The van der Waals surface area contributed by atoms with E-state index in [1.54, 1.807) is 13.8 Å². The highest BCUT2D eigenvalue weighted by Crippen LogP contribution is 2.18. The molecule has 6 heteroatoms. The van der Waals surface area contributed by atoms with Gasteiger partial charge >= 0.3 is 5.97 Å². The molecular weight excluding hydrogens is 265 g/mol. The van der Waals surface area contributed by atoms with Gasteiger partial charge in [0.05, 0.1) is 12.7 Å². The molecule has 110 valence electrons. The average Bonchev–Trinajstić information content (AvgIpc) is 2.37. The fourth-order valence-electron chi connectivity index (χ4n) is 1.48. The number of rotatable bonds is 5. The fourth-order valence-corrected chi connectivity index (χ4v) is 1.48. The second kappa shape index (κ2) is 6.88. The van der Waals surface area contributed by atoms with Crippen LogP contribution >= 0.6 is 0 Å². The average molecular weight is 283 g/mol. The lowest BCUT2D eigenvalue weighted by molar-refractivity contribution is -0.129. The molecule has 0 unspecified atom stereocenters. The molecule has 0 radical (unpaired) electrons. The first-order chi connectivity index (χ1) is 9.35. The third-order valence-electron chi connectivity index (χ3n) is 2.47. The lowest BCUT2D eigenvalue weighted by Gasteiger charge is -2.15. The second-order valence-electron chi connectivity index (χ2n) is 4.56. The summed E-state index contributed by atoms with van der Waals surface area (Å²) < 4.78 is 23.2. The van der Waals surface area contributed by atoms with Gasteiger partial charge in [-0.1, -0.05) is 0 Å². The summed E-state index contributed by atoms with van der Waals surface area (Å²) in [6.45, 7) is 5.05. The number of benzene rings is 1. The molecule has 0 saturated heterocycles. The van der Waals surface area contributed by atoms with E-state index in [1.165, 1.54) is 26.2 Å². The zero-order valence-electron chi connectivity index (χ0n) is 11.9. The summed E-state index contributed by atoms with van der Waals surface area (Å²) >= 11 is 0. The number of ether oxygens (including phenoxy) is 2. The lowest BCUT2D eigenvalue weighted by atomic mass is 10.2. The number of carbonyl (C=O) groups is 2. The van der Waals surface area contributed by atoms with E-state index in [4.69, 9.17) is 9.47 Å². The summed E-state index contributed by atoms with van der Waals surface area (Å²) in [5, 5.41) is 2.62. The van der Waals surface area contributed by atoms with Crippen molar-refractivity contribution in [2.45, 2.75) is 32.9 Å². The first kappa shape index (κ1) is 15.9. The minimum Gasteiger partial charge on any atom is -0.494 e. The van der Waals surface area contributed by atoms with Crippen LogP contribution in [0.2, 0.25) is 0 Å². The van der Waals surface area contributed by atoms with E-state index in [-0.39, 0.29) is 17.4 Å². The zero-order valence-corrected chi connectivity index (χ0v) is 11.9. The number of halogens is 1. The number of carbonyl (C=O) groups excluding carboxylic acids is 2. The smallest absolute Gasteiger partial charge is 0.339 e. The molecule has 20 heavy (non-hydrogen) atoms. The van der Waals surface area contributed by atoms with E-state index in [9.17, 15) is 14.0 Å². The Morgan fingerprint density at radius 3 is 2.40 bits per heavy atom. The second-order valence-corrected chi connectivity index (χ2v) is 4.56. The zero-order chi connectivity index (χ0) is 15.3. The molecule has 5 nitrogen and oxygen atoms in total. The van der Waals surface area contributed by atoms with Crippen molar-refractivity contribution in [3.8, 4) is 5.75 Å². The lowest BCUT2D eigenvalue weighted by Crippen LogP contribution is -2.39. The third kappa shape index (κ3) is 4.22. The van der Waals surface area contributed by atoms with Gasteiger partial charge in [-0.2, -0.15) is 0 Å². The number of amides is 1. The first-order valence-electron chi connectivity index (χ1n) is 6.20. The van der Waals surface area contributed by atoms with Gasteiger partial charge in [0.2, 0.25) is 0 Å². The van der Waals surface area contributed by atoms with Gasteiger partial charge in [0.15, 0.2) is 17.7 Å². The molecule has 1 rings (SSSR count). The van der Waals surface area contributed by atoms with Gasteiger partial charge in [-0.05, 0) is 39.0 Å². The summed E-state index contributed by atoms with van der Waals surface area (Å²) in [4.78, 5) is 23.4. The van der Waals surface area contributed by atoms with Crippen molar-refractivity contribution in [2.24, 2.45) is 0 Å². The van der Waals surface area contributed by atoms with Crippen molar-refractivity contribution in [3.05, 3.63) is 29.6 Å². The molecule has 1 N–H and O–H groups in total. The van der Waals surface area contributed by atoms with Crippen molar-refractivity contribution in [1.82, 2.24) is 5.32 Å². The summed E-state index contributed by atoms with van der Waals surface area (Å²) in [5.41, 5.74) is 0.0208. The Labute approximate surface area is 117 Å². The van der Waals surface area contributed by atoms with E-state index in [0.717, 1.165) is 6.07 Å². The number of nitrogens with one attached hydrogen (secondary N) is 1. The van der Waals surface area contributed by atoms with Gasteiger partial charge in [-0.3, -0.25) is 4.79 Å². The van der Waals surface area contributed by atoms with E-state index in [1.807, 2.05) is 0 Å². The minimum absolute atomic E-state index is 0.0208. The Morgan fingerprint density at radius 1 is 1.25 bits per heavy atom. The Kier molecular flexibility index (Phi) is 5.49. The Hall–Kier alpha value is -2.11. The van der Waals surface area contributed by atoms with E-state index < -0.39 is 23.8 Å². The summed E-state index contributed by atoms with van der Waals surface area (Å²) in [6.07, 6.45) is -0.949. The van der Waals surface area contributed by atoms with Gasteiger partial charge in [0.1, 0.15) is 0 Å². The van der Waals surface area contributed by atoms with Gasteiger partial charge < -0.3 is 14.8 Å². The van der Waals surface area contributed by atoms with Gasteiger partial charge in [-0.15, -0.1) is 0 Å². The van der Waals surface area contributed by atoms with Crippen LogP contribution < -0.4 is 10.1 Å². The number of hydrogen-bond acceptors (Lipinski definition) is 4. The largest absolute Gasteiger partial charge is 0.494 e. The number of methoxy groups -OCH3 is 1. The maximum absolute atomic E-state index is 13.5. The van der Waals surface area contributed by atoms with Crippen LogP contribution in [0.5, 0.6) is 5.75 Å². The van der Waals surface area contributed by atoms with Crippen molar-refractivity contribution in [3.63, 3.8) is 0 Å². The van der Waals surface area contributed by atoms with Crippen LogP contribution in [-0.4, -0.2) is 31.1 Å². The first-order valence-corrected chi connectivity index (χ1v) is 6.20. The molecule has 0 aliphatic heterocycles. The highest BCUT2D eigenvalue weighted by Gasteiger charge is 2.20.